The minimum Gasteiger partial charge on any atom is -0.307 e. The molecule has 92 valence electrons. The van der Waals surface area contributed by atoms with Gasteiger partial charge in [0.2, 0.25) is 5.91 Å². The molecule has 1 aliphatic heterocycles. The molecular weight excluding hydrogens is 236 g/mol. The standard InChI is InChI=1S/C13H17ClN2O/c1-9-8-15-13(2,3)12(17)16(9)11-6-4-5-10(14)7-11/h4-7,9,15H,8H2,1-3H3. The van der Waals surface area contributed by atoms with Crippen LogP contribution < -0.4 is 10.2 Å². The average molecular weight is 253 g/mol. The lowest BCUT2D eigenvalue weighted by Gasteiger charge is -2.42. The molecule has 1 aromatic carbocycles. The monoisotopic (exact) mass is 252 g/mol. The summed E-state index contributed by atoms with van der Waals surface area (Å²) in [5.41, 5.74) is 0.346. The fraction of sp³-hybridized carbons (Fsp3) is 0.462. The predicted octanol–water partition coefficient (Wildman–Crippen LogP) is 2.44. The minimum absolute atomic E-state index is 0.0820. The molecule has 1 unspecified atom stereocenters. The SMILES string of the molecule is CC1CNC(C)(C)C(=O)N1c1cccc(Cl)c1. The van der Waals surface area contributed by atoms with Gasteiger partial charge in [0.05, 0.1) is 5.54 Å². The van der Waals surface area contributed by atoms with Gasteiger partial charge in [-0.25, -0.2) is 0 Å². The van der Waals surface area contributed by atoms with Gasteiger partial charge < -0.3 is 10.2 Å². The molecule has 1 atom stereocenters. The molecule has 1 N–H and O–H groups in total. The fourth-order valence-corrected chi connectivity index (χ4v) is 2.25. The molecule has 1 saturated heterocycles. The molecule has 0 aliphatic carbocycles. The average Bonchev–Trinajstić information content (AvgIpc) is 2.25. The van der Waals surface area contributed by atoms with E-state index < -0.39 is 5.54 Å². The van der Waals surface area contributed by atoms with Crippen molar-refractivity contribution in [1.29, 1.82) is 0 Å². The lowest BCUT2D eigenvalue weighted by atomic mass is 9.97. The van der Waals surface area contributed by atoms with Crippen LogP contribution in [0.4, 0.5) is 5.69 Å². The van der Waals surface area contributed by atoms with Crippen molar-refractivity contribution in [2.75, 3.05) is 11.4 Å². The van der Waals surface area contributed by atoms with Gasteiger partial charge in [-0.05, 0) is 39.0 Å². The molecular formula is C13H17ClN2O. The Balaban J connectivity index is 2.38. The molecule has 3 nitrogen and oxygen atoms in total. The van der Waals surface area contributed by atoms with Crippen LogP contribution in [-0.4, -0.2) is 24.0 Å². The molecule has 4 heteroatoms. The molecule has 2 rings (SSSR count). The molecule has 0 saturated carbocycles. The zero-order chi connectivity index (χ0) is 12.6. The number of nitrogens with zero attached hydrogens (tertiary/aromatic N) is 1. The van der Waals surface area contributed by atoms with E-state index >= 15 is 0 Å². The number of carbonyl (C=O) groups is 1. The Labute approximate surface area is 107 Å². The first-order chi connectivity index (χ1) is 7.92. The highest BCUT2D eigenvalue weighted by Crippen LogP contribution is 2.26. The molecule has 0 spiro atoms. The van der Waals surface area contributed by atoms with Crippen LogP contribution in [0.1, 0.15) is 20.8 Å². The van der Waals surface area contributed by atoms with Crippen LogP contribution >= 0.6 is 11.6 Å². The number of hydrogen-bond acceptors (Lipinski definition) is 2. The fourth-order valence-electron chi connectivity index (χ4n) is 2.07. The lowest BCUT2D eigenvalue weighted by molar-refractivity contribution is -0.125. The number of carbonyl (C=O) groups excluding carboxylic acids is 1. The lowest BCUT2D eigenvalue weighted by Crippen LogP contribution is -2.64. The third-order valence-corrected chi connectivity index (χ3v) is 3.36. The summed E-state index contributed by atoms with van der Waals surface area (Å²) < 4.78 is 0. The van der Waals surface area contributed by atoms with E-state index in [2.05, 4.69) is 5.32 Å². The number of hydrogen-bond donors (Lipinski definition) is 1. The van der Waals surface area contributed by atoms with Gasteiger partial charge in [-0.15, -0.1) is 0 Å². The van der Waals surface area contributed by atoms with Gasteiger partial charge in [0, 0.05) is 23.3 Å². The summed E-state index contributed by atoms with van der Waals surface area (Å²) >= 11 is 5.98. The Bertz CT molecular complexity index is 445. The first-order valence-electron chi connectivity index (χ1n) is 5.76. The van der Waals surface area contributed by atoms with Crippen molar-refractivity contribution >= 4 is 23.2 Å². The summed E-state index contributed by atoms with van der Waals surface area (Å²) in [6.45, 7) is 6.61. The van der Waals surface area contributed by atoms with Crippen LogP contribution in [-0.2, 0) is 4.79 Å². The van der Waals surface area contributed by atoms with Crippen LogP contribution in [0.5, 0.6) is 0 Å². The maximum atomic E-state index is 12.4. The van der Waals surface area contributed by atoms with Crippen molar-refractivity contribution in [3.63, 3.8) is 0 Å². The number of anilines is 1. The van der Waals surface area contributed by atoms with E-state index in [9.17, 15) is 4.79 Å². The zero-order valence-corrected chi connectivity index (χ0v) is 11.1. The van der Waals surface area contributed by atoms with Gasteiger partial charge >= 0.3 is 0 Å². The normalized spacial score (nSPS) is 23.9. The van der Waals surface area contributed by atoms with E-state index in [0.717, 1.165) is 12.2 Å². The quantitative estimate of drug-likeness (QED) is 0.833. The van der Waals surface area contributed by atoms with E-state index in [4.69, 9.17) is 11.6 Å². The van der Waals surface area contributed by atoms with E-state index in [1.807, 2.05) is 49.9 Å². The smallest absolute Gasteiger partial charge is 0.247 e. The Morgan fingerprint density at radius 3 is 2.82 bits per heavy atom. The third kappa shape index (κ3) is 2.31. The number of benzene rings is 1. The molecule has 1 heterocycles. The number of halogens is 1. The highest BCUT2D eigenvalue weighted by Gasteiger charge is 2.39. The zero-order valence-electron chi connectivity index (χ0n) is 10.3. The number of rotatable bonds is 1. The summed E-state index contributed by atoms with van der Waals surface area (Å²) in [4.78, 5) is 14.2. The van der Waals surface area contributed by atoms with Gasteiger partial charge in [0.1, 0.15) is 0 Å². The third-order valence-electron chi connectivity index (χ3n) is 3.12. The highest BCUT2D eigenvalue weighted by atomic mass is 35.5. The molecule has 0 radical (unpaired) electrons. The van der Waals surface area contributed by atoms with Crippen molar-refractivity contribution in [1.82, 2.24) is 5.32 Å². The summed E-state index contributed by atoms with van der Waals surface area (Å²) in [6, 6.07) is 7.56. The number of amides is 1. The van der Waals surface area contributed by atoms with Crippen molar-refractivity contribution in [2.24, 2.45) is 0 Å². The van der Waals surface area contributed by atoms with Gasteiger partial charge in [-0.2, -0.15) is 0 Å². The summed E-state index contributed by atoms with van der Waals surface area (Å²) in [7, 11) is 0. The van der Waals surface area contributed by atoms with Crippen molar-refractivity contribution in [2.45, 2.75) is 32.4 Å². The minimum atomic E-state index is -0.519. The predicted molar refractivity (Wildman–Crippen MR) is 70.5 cm³/mol. The van der Waals surface area contributed by atoms with Crippen LogP contribution in [0.15, 0.2) is 24.3 Å². The second-order valence-corrected chi connectivity index (χ2v) is 5.45. The Hall–Kier alpha value is -1.06. The van der Waals surface area contributed by atoms with E-state index in [1.54, 1.807) is 0 Å². The van der Waals surface area contributed by atoms with Gasteiger partial charge in [0.25, 0.3) is 0 Å². The van der Waals surface area contributed by atoms with Crippen LogP contribution in [0, 0.1) is 0 Å². The van der Waals surface area contributed by atoms with Crippen molar-refractivity contribution in [3.8, 4) is 0 Å². The number of piperazine rings is 1. The van der Waals surface area contributed by atoms with E-state index in [0.29, 0.717) is 5.02 Å². The van der Waals surface area contributed by atoms with Gasteiger partial charge in [0.15, 0.2) is 0 Å². The topological polar surface area (TPSA) is 32.3 Å². The van der Waals surface area contributed by atoms with Crippen LogP contribution in [0.25, 0.3) is 0 Å². The summed E-state index contributed by atoms with van der Waals surface area (Å²) in [5.74, 6) is 0.0820. The number of nitrogens with one attached hydrogen (secondary N) is 1. The second kappa shape index (κ2) is 4.31. The molecule has 17 heavy (non-hydrogen) atoms. The Morgan fingerprint density at radius 2 is 2.18 bits per heavy atom. The van der Waals surface area contributed by atoms with Crippen molar-refractivity contribution in [3.05, 3.63) is 29.3 Å². The maximum absolute atomic E-state index is 12.4. The molecule has 1 aromatic rings. The summed E-state index contributed by atoms with van der Waals surface area (Å²) in [6.07, 6.45) is 0. The maximum Gasteiger partial charge on any atom is 0.247 e. The highest BCUT2D eigenvalue weighted by molar-refractivity contribution is 6.31. The molecule has 0 bridgehead atoms. The first-order valence-corrected chi connectivity index (χ1v) is 6.14. The molecule has 0 aromatic heterocycles. The Kier molecular flexibility index (Phi) is 3.15. The Morgan fingerprint density at radius 1 is 1.47 bits per heavy atom. The molecule has 1 fully saturated rings. The van der Waals surface area contributed by atoms with Crippen LogP contribution in [0.2, 0.25) is 5.02 Å². The van der Waals surface area contributed by atoms with Crippen LogP contribution in [0.3, 0.4) is 0 Å². The molecule has 1 aliphatic rings. The summed E-state index contributed by atoms with van der Waals surface area (Å²) in [5, 5.41) is 3.90. The van der Waals surface area contributed by atoms with E-state index in [-0.39, 0.29) is 11.9 Å². The largest absolute Gasteiger partial charge is 0.307 e. The van der Waals surface area contributed by atoms with Gasteiger partial charge in [-0.1, -0.05) is 17.7 Å². The molecule has 1 amide bonds. The first kappa shape index (κ1) is 12.4. The van der Waals surface area contributed by atoms with Crippen molar-refractivity contribution < 1.29 is 4.79 Å². The van der Waals surface area contributed by atoms with Gasteiger partial charge in [-0.3, -0.25) is 4.79 Å². The van der Waals surface area contributed by atoms with E-state index in [1.165, 1.54) is 0 Å². The second-order valence-electron chi connectivity index (χ2n) is 5.01.